The number of carboxylic acid groups (broad SMARTS) is 1. The summed E-state index contributed by atoms with van der Waals surface area (Å²) < 4.78 is 0. The molecule has 0 spiro atoms. The Bertz CT molecular complexity index is 463. The van der Waals surface area contributed by atoms with Gasteiger partial charge >= 0.3 is 5.97 Å². The van der Waals surface area contributed by atoms with E-state index in [2.05, 4.69) is 6.92 Å². The van der Waals surface area contributed by atoms with Gasteiger partial charge in [0.05, 0.1) is 18.1 Å². The molecule has 0 unspecified atom stereocenters. The number of unbranched alkanes of at least 4 members (excludes halogenated alkanes) is 3. The minimum absolute atomic E-state index is 0.0176. The first kappa shape index (κ1) is 21.4. The van der Waals surface area contributed by atoms with Crippen molar-refractivity contribution in [1.29, 1.82) is 0 Å². The molecule has 2 saturated carbocycles. The number of aliphatic carboxylic acids is 1. The third-order valence-corrected chi connectivity index (χ3v) is 6.39. The van der Waals surface area contributed by atoms with Crippen LogP contribution in [0.25, 0.3) is 0 Å². The van der Waals surface area contributed by atoms with Gasteiger partial charge in [0.15, 0.2) is 0 Å². The highest BCUT2D eigenvalue weighted by Gasteiger charge is 2.43. The Hall–Kier alpha value is -0.940. The van der Waals surface area contributed by atoms with Crippen molar-refractivity contribution in [2.75, 3.05) is 0 Å². The van der Waals surface area contributed by atoms with Crippen LogP contribution in [-0.4, -0.2) is 39.3 Å². The molecule has 2 aliphatic carbocycles. The minimum Gasteiger partial charge on any atom is -0.481 e. The molecule has 150 valence electrons. The van der Waals surface area contributed by atoms with Crippen molar-refractivity contribution in [3.05, 3.63) is 0 Å². The second-order valence-corrected chi connectivity index (χ2v) is 8.46. The number of carbonyl (C=O) groups excluding carboxylic acids is 1. The Morgan fingerprint density at radius 3 is 2.50 bits per heavy atom. The Labute approximate surface area is 157 Å². The SMILES string of the molecule is CCCCC[C@H](O)CC[C@H]1[C@H](O)CC(=O)[C@@H]1CCCC[C@@H]1C[C@H]1C(=O)O. The lowest BCUT2D eigenvalue weighted by Gasteiger charge is -2.22. The van der Waals surface area contributed by atoms with Gasteiger partial charge in [0.1, 0.15) is 5.78 Å². The Balaban J connectivity index is 1.67. The van der Waals surface area contributed by atoms with Gasteiger partial charge in [-0.3, -0.25) is 9.59 Å². The number of Topliss-reactive ketones (excluding diaryl/α,β-unsaturated/α-hetero) is 1. The molecular formula is C21H36O5. The lowest BCUT2D eigenvalue weighted by molar-refractivity contribution is -0.138. The normalized spacial score (nSPS) is 32.0. The summed E-state index contributed by atoms with van der Waals surface area (Å²) in [5.41, 5.74) is 0. The molecule has 2 rings (SSSR count). The zero-order valence-corrected chi connectivity index (χ0v) is 16.1. The van der Waals surface area contributed by atoms with Crippen molar-refractivity contribution in [3.8, 4) is 0 Å². The predicted octanol–water partition coefficient (Wildman–Crippen LogP) is 3.56. The van der Waals surface area contributed by atoms with E-state index in [4.69, 9.17) is 5.11 Å². The van der Waals surface area contributed by atoms with Crippen LogP contribution < -0.4 is 0 Å². The number of aliphatic hydroxyl groups excluding tert-OH is 2. The molecule has 2 aliphatic rings. The third kappa shape index (κ3) is 6.34. The fourth-order valence-electron chi connectivity index (χ4n) is 4.58. The van der Waals surface area contributed by atoms with Crippen molar-refractivity contribution in [1.82, 2.24) is 0 Å². The van der Waals surface area contributed by atoms with Crippen LogP contribution in [0.15, 0.2) is 0 Å². The Kier molecular flexibility index (Phi) is 8.55. The second kappa shape index (κ2) is 10.4. The summed E-state index contributed by atoms with van der Waals surface area (Å²) in [6.45, 7) is 2.14. The molecule has 0 heterocycles. The van der Waals surface area contributed by atoms with Gasteiger partial charge in [0.25, 0.3) is 0 Å². The number of carboxylic acids is 1. The first-order valence-electron chi connectivity index (χ1n) is 10.6. The molecule has 3 N–H and O–H groups in total. The number of hydrogen-bond acceptors (Lipinski definition) is 4. The van der Waals surface area contributed by atoms with Crippen LogP contribution in [0.5, 0.6) is 0 Å². The fraction of sp³-hybridized carbons (Fsp3) is 0.905. The van der Waals surface area contributed by atoms with Gasteiger partial charge in [-0.1, -0.05) is 39.0 Å². The fourth-order valence-corrected chi connectivity index (χ4v) is 4.58. The maximum absolute atomic E-state index is 12.2. The highest BCUT2D eigenvalue weighted by atomic mass is 16.4. The van der Waals surface area contributed by atoms with Crippen LogP contribution in [0.4, 0.5) is 0 Å². The minimum atomic E-state index is -0.679. The van der Waals surface area contributed by atoms with Gasteiger partial charge in [0, 0.05) is 12.3 Å². The van der Waals surface area contributed by atoms with Crippen molar-refractivity contribution < 1.29 is 24.9 Å². The summed E-state index contributed by atoms with van der Waals surface area (Å²) >= 11 is 0. The van der Waals surface area contributed by atoms with E-state index in [1.807, 2.05) is 0 Å². The number of carbonyl (C=O) groups is 2. The molecule has 0 aromatic carbocycles. The predicted molar refractivity (Wildman–Crippen MR) is 99.7 cm³/mol. The molecule has 0 aliphatic heterocycles. The van der Waals surface area contributed by atoms with E-state index in [1.165, 1.54) is 0 Å². The van der Waals surface area contributed by atoms with E-state index < -0.39 is 12.1 Å². The van der Waals surface area contributed by atoms with E-state index in [9.17, 15) is 19.8 Å². The first-order valence-corrected chi connectivity index (χ1v) is 10.6. The van der Waals surface area contributed by atoms with E-state index in [0.29, 0.717) is 18.8 Å². The van der Waals surface area contributed by atoms with E-state index in [-0.39, 0.29) is 36.1 Å². The molecule has 6 atom stereocenters. The summed E-state index contributed by atoms with van der Waals surface area (Å²) in [5.74, 6) is -0.434. The number of aliphatic hydroxyl groups is 2. The third-order valence-electron chi connectivity index (χ3n) is 6.39. The van der Waals surface area contributed by atoms with Gasteiger partial charge < -0.3 is 15.3 Å². The number of rotatable bonds is 13. The highest BCUT2D eigenvalue weighted by Crippen LogP contribution is 2.43. The van der Waals surface area contributed by atoms with Crippen molar-refractivity contribution in [3.63, 3.8) is 0 Å². The maximum Gasteiger partial charge on any atom is 0.306 e. The average Bonchev–Trinajstić information content (AvgIpc) is 3.31. The molecule has 26 heavy (non-hydrogen) atoms. The summed E-state index contributed by atoms with van der Waals surface area (Å²) in [7, 11) is 0. The quantitative estimate of drug-likeness (QED) is 0.432. The standard InChI is InChI=1S/C21H36O5/c1-2-3-4-8-15(22)10-11-17-16(19(23)13-20(17)24)9-6-5-7-14-12-18(14)21(25)26/h14-18,20,22,24H,2-13H2,1H3,(H,25,26)/t14-,15+,16-,17-,18-,20-/m1/s1. The van der Waals surface area contributed by atoms with Gasteiger partial charge in [0.2, 0.25) is 0 Å². The summed E-state index contributed by atoms with van der Waals surface area (Å²) in [4.78, 5) is 23.1. The highest BCUT2D eigenvalue weighted by molar-refractivity contribution is 5.84. The zero-order valence-electron chi connectivity index (χ0n) is 16.1. The van der Waals surface area contributed by atoms with Crippen molar-refractivity contribution in [2.24, 2.45) is 23.7 Å². The summed E-state index contributed by atoms with van der Waals surface area (Å²) in [6.07, 6.45) is 9.26. The monoisotopic (exact) mass is 368 g/mol. The van der Waals surface area contributed by atoms with Crippen LogP contribution in [-0.2, 0) is 9.59 Å². The second-order valence-electron chi connectivity index (χ2n) is 8.46. The maximum atomic E-state index is 12.2. The van der Waals surface area contributed by atoms with E-state index in [0.717, 1.165) is 57.8 Å². The van der Waals surface area contributed by atoms with Gasteiger partial charge in [-0.25, -0.2) is 0 Å². The molecule has 5 nitrogen and oxygen atoms in total. The lowest BCUT2D eigenvalue weighted by atomic mass is 9.85. The van der Waals surface area contributed by atoms with Crippen molar-refractivity contribution in [2.45, 2.75) is 96.2 Å². The van der Waals surface area contributed by atoms with Crippen LogP contribution in [0.3, 0.4) is 0 Å². The number of ketones is 1. The molecule has 0 bridgehead atoms. The summed E-state index contributed by atoms with van der Waals surface area (Å²) in [5, 5.41) is 29.3. The molecule has 0 radical (unpaired) electrons. The zero-order chi connectivity index (χ0) is 19.1. The smallest absolute Gasteiger partial charge is 0.306 e. The number of hydrogen-bond donors (Lipinski definition) is 3. The molecule has 2 fully saturated rings. The van der Waals surface area contributed by atoms with Gasteiger partial charge in [-0.2, -0.15) is 0 Å². The van der Waals surface area contributed by atoms with E-state index in [1.54, 1.807) is 0 Å². The van der Waals surface area contributed by atoms with Crippen LogP contribution in [0.1, 0.15) is 84.0 Å². The van der Waals surface area contributed by atoms with Crippen LogP contribution in [0, 0.1) is 23.7 Å². The molecule has 0 aromatic heterocycles. The largest absolute Gasteiger partial charge is 0.481 e. The molecule has 0 saturated heterocycles. The van der Waals surface area contributed by atoms with Gasteiger partial charge in [-0.15, -0.1) is 0 Å². The average molecular weight is 369 g/mol. The lowest BCUT2D eigenvalue weighted by Crippen LogP contribution is -2.22. The van der Waals surface area contributed by atoms with Crippen molar-refractivity contribution >= 4 is 11.8 Å². The Morgan fingerprint density at radius 1 is 1.12 bits per heavy atom. The van der Waals surface area contributed by atoms with Crippen LogP contribution >= 0.6 is 0 Å². The van der Waals surface area contributed by atoms with Gasteiger partial charge in [-0.05, 0) is 50.4 Å². The van der Waals surface area contributed by atoms with Crippen LogP contribution in [0.2, 0.25) is 0 Å². The molecule has 0 aromatic rings. The summed E-state index contributed by atoms with van der Waals surface area (Å²) in [6, 6.07) is 0. The first-order chi connectivity index (χ1) is 12.4. The topological polar surface area (TPSA) is 94.8 Å². The van der Waals surface area contributed by atoms with E-state index >= 15 is 0 Å². The molecular weight excluding hydrogens is 332 g/mol. The molecule has 5 heteroatoms. The Morgan fingerprint density at radius 2 is 1.85 bits per heavy atom. The molecule has 0 amide bonds.